The van der Waals surface area contributed by atoms with Crippen LogP contribution in [-0.4, -0.2) is 55.4 Å². The molecule has 0 aliphatic carbocycles. The van der Waals surface area contributed by atoms with E-state index in [9.17, 15) is 19.5 Å². The van der Waals surface area contributed by atoms with Crippen molar-refractivity contribution in [2.75, 3.05) is 43.5 Å². The number of piperidine rings is 2. The summed E-state index contributed by atoms with van der Waals surface area (Å²) in [5.41, 5.74) is 3.02. The summed E-state index contributed by atoms with van der Waals surface area (Å²) in [4.78, 5) is 40.8. The molecule has 2 aliphatic heterocycles. The van der Waals surface area contributed by atoms with Gasteiger partial charge in [0.1, 0.15) is 5.58 Å². The molecule has 5 rings (SSSR count). The number of hydrogen-bond donors (Lipinski definition) is 2. The Hall–Kier alpha value is -4.01. The Morgan fingerprint density at radius 2 is 1.72 bits per heavy atom. The first-order chi connectivity index (χ1) is 18.7. The van der Waals surface area contributed by atoms with Gasteiger partial charge in [0, 0.05) is 43.5 Å². The lowest BCUT2D eigenvalue weighted by Crippen LogP contribution is -2.48. The van der Waals surface area contributed by atoms with Gasteiger partial charge in [-0.25, -0.2) is 9.59 Å². The number of hydrogen-bond acceptors (Lipinski definition) is 7. The smallest absolute Gasteiger partial charge is 0.409 e. The highest BCUT2D eigenvalue weighted by Gasteiger charge is 2.39. The van der Waals surface area contributed by atoms with Crippen molar-refractivity contribution < 1.29 is 23.8 Å². The summed E-state index contributed by atoms with van der Waals surface area (Å²) in [5.74, 6) is -0.454. The summed E-state index contributed by atoms with van der Waals surface area (Å²) < 4.78 is 11.3. The van der Waals surface area contributed by atoms with Crippen LogP contribution < -0.4 is 15.6 Å². The zero-order valence-corrected chi connectivity index (χ0v) is 22.7. The van der Waals surface area contributed by atoms with Crippen LogP contribution in [0.15, 0.2) is 51.7 Å². The predicted molar refractivity (Wildman–Crippen MR) is 150 cm³/mol. The van der Waals surface area contributed by atoms with Crippen LogP contribution in [-0.2, 0) is 4.74 Å². The third kappa shape index (κ3) is 5.30. The van der Waals surface area contributed by atoms with Crippen molar-refractivity contribution in [3.8, 4) is 0 Å². The third-order valence-corrected chi connectivity index (χ3v) is 8.38. The molecule has 0 radical (unpaired) electrons. The van der Waals surface area contributed by atoms with Crippen LogP contribution in [0.25, 0.3) is 11.0 Å². The maximum atomic E-state index is 13.3. The molecule has 2 aliphatic rings. The highest BCUT2D eigenvalue weighted by Crippen LogP contribution is 2.42. The van der Waals surface area contributed by atoms with Crippen molar-refractivity contribution >= 4 is 34.6 Å². The SMILES string of the molecule is COC(=O)N1CCC2(CC1)CCN(c1cc(=O)c3cc(C)cc(C(C)Nc4ccccc4C(=O)O)c3o1)CC2. The molecule has 206 valence electrons. The molecule has 9 heteroatoms. The molecule has 0 saturated carbocycles. The molecule has 1 amide bonds. The predicted octanol–water partition coefficient (Wildman–Crippen LogP) is 5.42. The second-order valence-electron chi connectivity index (χ2n) is 10.8. The van der Waals surface area contributed by atoms with Crippen LogP contribution >= 0.6 is 0 Å². The minimum absolute atomic E-state index is 0.0963. The number of amides is 1. The van der Waals surface area contributed by atoms with E-state index in [0.717, 1.165) is 49.9 Å². The van der Waals surface area contributed by atoms with E-state index in [2.05, 4.69) is 10.2 Å². The number of nitrogens with zero attached hydrogens (tertiary/aromatic N) is 2. The van der Waals surface area contributed by atoms with Gasteiger partial charge in [0.15, 0.2) is 11.3 Å². The number of likely N-dealkylation sites (tertiary alicyclic amines) is 1. The first-order valence-corrected chi connectivity index (χ1v) is 13.4. The van der Waals surface area contributed by atoms with Crippen LogP contribution in [0.3, 0.4) is 0 Å². The number of ether oxygens (including phenoxy) is 1. The van der Waals surface area contributed by atoms with Gasteiger partial charge in [0.05, 0.1) is 24.1 Å². The number of aromatic carboxylic acids is 1. The first-order valence-electron chi connectivity index (χ1n) is 13.4. The van der Waals surface area contributed by atoms with Gasteiger partial charge in [0.2, 0.25) is 0 Å². The van der Waals surface area contributed by atoms with Crippen molar-refractivity contribution in [3.63, 3.8) is 0 Å². The van der Waals surface area contributed by atoms with Gasteiger partial charge in [-0.05, 0) is 68.7 Å². The van der Waals surface area contributed by atoms with Crippen molar-refractivity contribution in [1.82, 2.24) is 4.90 Å². The second kappa shape index (κ2) is 10.6. The number of carboxylic acid groups (broad SMARTS) is 1. The highest BCUT2D eigenvalue weighted by molar-refractivity contribution is 5.94. The largest absolute Gasteiger partial charge is 0.478 e. The molecular weight excluding hydrogens is 498 g/mol. The monoisotopic (exact) mass is 533 g/mol. The number of carboxylic acids is 1. The average molecular weight is 534 g/mol. The van der Waals surface area contributed by atoms with Gasteiger partial charge in [-0.1, -0.05) is 18.2 Å². The number of nitrogens with one attached hydrogen (secondary N) is 1. The highest BCUT2D eigenvalue weighted by atomic mass is 16.5. The second-order valence-corrected chi connectivity index (χ2v) is 10.8. The first kappa shape index (κ1) is 26.6. The molecule has 2 fully saturated rings. The quantitative estimate of drug-likeness (QED) is 0.447. The number of methoxy groups -OCH3 is 1. The van der Waals surface area contributed by atoms with E-state index in [-0.39, 0.29) is 28.5 Å². The average Bonchev–Trinajstić information content (AvgIpc) is 2.93. The molecule has 3 aromatic rings. The molecule has 3 heterocycles. The molecule has 1 atom stereocenters. The number of anilines is 2. The van der Waals surface area contributed by atoms with Gasteiger partial charge in [-0.3, -0.25) is 4.79 Å². The molecule has 2 aromatic carbocycles. The van der Waals surface area contributed by atoms with Crippen LogP contribution in [0.1, 0.15) is 60.1 Å². The molecule has 2 N–H and O–H groups in total. The number of para-hydroxylation sites is 1. The maximum Gasteiger partial charge on any atom is 0.409 e. The lowest BCUT2D eigenvalue weighted by atomic mass is 9.71. The lowest BCUT2D eigenvalue weighted by Gasteiger charge is -2.46. The number of fused-ring (bicyclic) bond motifs is 1. The van der Waals surface area contributed by atoms with Gasteiger partial charge in [-0.15, -0.1) is 0 Å². The molecule has 2 saturated heterocycles. The Kier molecular flexibility index (Phi) is 7.25. The van der Waals surface area contributed by atoms with Crippen molar-refractivity contribution in [1.29, 1.82) is 0 Å². The Bertz CT molecular complexity index is 1450. The van der Waals surface area contributed by atoms with E-state index in [1.54, 1.807) is 35.2 Å². The Morgan fingerprint density at radius 3 is 2.38 bits per heavy atom. The van der Waals surface area contributed by atoms with E-state index < -0.39 is 5.97 Å². The Labute approximate surface area is 227 Å². The fourth-order valence-corrected chi connectivity index (χ4v) is 6.00. The van der Waals surface area contributed by atoms with Crippen LogP contribution in [0.4, 0.5) is 16.4 Å². The Balaban J connectivity index is 1.39. The number of benzene rings is 2. The molecule has 1 aromatic heterocycles. The zero-order chi connectivity index (χ0) is 27.7. The van der Waals surface area contributed by atoms with E-state index in [4.69, 9.17) is 9.15 Å². The summed E-state index contributed by atoms with van der Waals surface area (Å²) in [6, 6.07) is 11.9. The zero-order valence-electron chi connectivity index (χ0n) is 22.7. The Morgan fingerprint density at radius 1 is 1.05 bits per heavy atom. The molecule has 9 nitrogen and oxygen atoms in total. The standard InChI is InChI=1S/C30H35N3O6/c1-19-16-22(20(2)31-24-7-5-4-6-21(24)28(35)36)27-23(17-19)25(34)18-26(39-27)32-12-8-30(9-13-32)10-14-33(15-11-30)29(37)38-3/h4-7,16-18,20,31H,8-15H2,1-3H3,(H,35,36). The maximum absolute atomic E-state index is 13.3. The number of carbonyl (C=O) groups is 2. The fraction of sp³-hybridized carbons (Fsp3) is 0.433. The lowest BCUT2D eigenvalue weighted by molar-refractivity contribution is 0.0641. The van der Waals surface area contributed by atoms with Crippen molar-refractivity contribution in [2.45, 2.75) is 45.6 Å². The summed E-state index contributed by atoms with van der Waals surface area (Å²) in [5, 5.41) is 13.4. The van der Waals surface area contributed by atoms with Gasteiger partial charge < -0.3 is 29.4 Å². The molecule has 39 heavy (non-hydrogen) atoms. The topological polar surface area (TPSA) is 112 Å². The van der Waals surface area contributed by atoms with Gasteiger partial charge in [-0.2, -0.15) is 0 Å². The van der Waals surface area contributed by atoms with Crippen LogP contribution in [0.5, 0.6) is 0 Å². The number of rotatable bonds is 5. The fourth-order valence-electron chi connectivity index (χ4n) is 6.00. The van der Waals surface area contributed by atoms with E-state index >= 15 is 0 Å². The summed E-state index contributed by atoms with van der Waals surface area (Å²) in [7, 11) is 1.42. The van der Waals surface area contributed by atoms with Crippen LogP contribution in [0, 0.1) is 12.3 Å². The summed E-state index contributed by atoms with van der Waals surface area (Å²) >= 11 is 0. The summed E-state index contributed by atoms with van der Waals surface area (Å²) in [6.45, 7) is 6.82. The van der Waals surface area contributed by atoms with E-state index in [1.807, 2.05) is 26.0 Å². The van der Waals surface area contributed by atoms with Crippen molar-refractivity contribution in [2.24, 2.45) is 5.41 Å². The van der Waals surface area contributed by atoms with Crippen molar-refractivity contribution in [3.05, 3.63) is 69.4 Å². The number of carbonyl (C=O) groups excluding carboxylic acids is 1. The minimum Gasteiger partial charge on any atom is -0.478 e. The number of aryl methyl sites for hydroxylation is 1. The summed E-state index contributed by atoms with van der Waals surface area (Å²) in [6.07, 6.45) is 3.56. The minimum atomic E-state index is -1.01. The van der Waals surface area contributed by atoms with Gasteiger partial charge >= 0.3 is 12.1 Å². The molecule has 1 spiro atoms. The molecule has 1 unspecified atom stereocenters. The normalized spacial score (nSPS) is 17.7. The molecule has 0 bridgehead atoms. The van der Waals surface area contributed by atoms with Crippen LogP contribution in [0.2, 0.25) is 0 Å². The van der Waals surface area contributed by atoms with E-state index in [1.165, 1.54) is 7.11 Å². The van der Waals surface area contributed by atoms with E-state index in [0.29, 0.717) is 35.6 Å². The third-order valence-electron chi connectivity index (χ3n) is 8.38. The molecular formula is C30H35N3O6. The van der Waals surface area contributed by atoms with Gasteiger partial charge in [0.25, 0.3) is 0 Å².